The van der Waals surface area contributed by atoms with Gasteiger partial charge in [0.05, 0.1) is 27.4 Å². The maximum absolute atomic E-state index is 13.5. The van der Waals surface area contributed by atoms with Crippen LogP contribution in [-0.2, 0) is 25.6 Å². The summed E-state index contributed by atoms with van der Waals surface area (Å²) in [6, 6.07) is 26.6. The van der Waals surface area contributed by atoms with Gasteiger partial charge in [-0.15, -0.1) is 0 Å². The fraction of sp³-hybridized carbons (Fsp3) is 0.267. The topological polar surface area (TPSA) is 65.1 Å². The fourth-order valence-electron chi connectivity index (χ4n) is 5.10. The lowest BCUT2D eigenvalue weighted by atomic mass is 9.76. The van der Waals surface area contributed by atoms with Crippen molar-refractivity contribution in [3.63, 3.8) is 0 Å². The molecule has 2 atom stereocenters. The first kappa shape index (κ1) is 25.2. The Kier molecular flexibility index (Phi) is 7.86. The molecule has 3 aromatic rings. The molecule has 0 radical (unpaired) electrons. The molecule has 186 valence electrons. The van der Waals surface area contributed by atoms with Crippen molar-refractivity contribution in [1.29, 1.82) is 0 Å². The summed E-state index contributed by atoms with van der Waals surface area (Å²) < 4.78 is 15.8. The summed E-state index contributed by atoms with van der Waals surface area (Å²) in [5, 5.41) is 0. The Morgan fingerprint density at radius 2 is 1.44 bits per heavy atom. The van der Waals surface area contributed by atoms with Crippen LogP contribution in [0.2, 0.25) is 0 Å². The third-order valence-electron chi connectivity index (χ3n) is 6.80. The number of benzene rings is 3. The second kappa shape index (κ2) is 11.2. The van der Waals surface area contributed by atoms with Crippen LogP contribution in [0.25, 0.3) is 6.08 Å². The van der Waals surface area contributed by atoms with Crippen molar-refractivity contribution in [2.45, 2.75) is 25.0 Å². The minimum atomic E-state index is -1.54. The summed E-state index contributed by atoms with van der Waals surface area (Å²) in [5.41, 5.74) is 1.36. The van der Waals surface area contributed by atoms with Gasteiger partial charge >= 0.3 is 11.9 Å². The van der Waals surface area contributed by atoms with E-state index in [0.29, 0.717) is 12.3 Å². The summed E-state index contributed by atoms with van der Waals surface area (Å²) in [6.07, 6.45) is 4.31. The van der Waals surface area contributed by atoms with Gasteiger partial charge in [-0.25, -0.2) is 0 Å². The van der Waals surface area contributed by atoms with E-state index in [-0.39, 0.29) is 12.5 Å². The molecule has 1 saturated heterocycles. The Balaban J connectivity index is 1.88. The Bertz CT molecular complexity index is 1180. The summed E-state index contributed by atoms with van der Waals surface area (Å²) in [7, 11) is 4.23. The number of hydrogen-bond acceptors (Lipinski definition) is 6. The van der Waals surface area contributed by atoms with Crippen molar-refractivity contribution < 1.29 is 23.8 Å². The molecule has 0 saturated carbocycles. The van der Waals surface area contributed by atoms with Crippen LogP contribution in [0.15, 0.2) is 91.0 Å². The van der Waals surface area contributed by atoms with Gasteiger partial charge in [-0.1, -0.05) is 84.9 Å². The summed E-state index contributed by atoms with van der Waals surface area (Å²) >= 11 is 0. The van der Waals surface area contributed by atoms with E-state index in [0.717, 1.165) is 16.7 Å². The zero-order valence-corrected chi connectivity index (χ0v) is 20.8. The molecular weight excluding hydrogens is 454 g/mol. The highest BCUT2D eigenvalue weighted by Crippen LogP contribution is 2.53. The van der Waals surface area contributed by atoms with Crippen LogP contribution in [0, 0.1) is 5.41 Å². The van der Waals surface area contributed by atoms with Crippen molar-refractivity contribution in [2.24, 2.45) is 5.41 Å². The van der Waals surface area contributed by atoms with Crippen LogP contribution in [0.1, 0.15) is 29.2 Å². The van der Waals surface area contributed by atoms with Crippen LogP contribution in [0.3, 0.4) is 0 Å². The molecule has 0 spiro atoms. The normalized spacial score (nSPS) is 19.2. The second-order valence-corrected chi connectivity index (χ2v) is 8.83. The molecule has 0 N–H and O–H groups in total. The van der Waals surface area contributed by atoms with Gasteiger partial charge < -0.3 is 14.2 Å². The number of likely N-dealkylation sites (tertiary alicyclic amines) is 1. The number of nitrogens with zero attached hydrogens (tertiary/aromatic N) is 1. The summed E-state index contributed by atoms with van der Waals surface area (Å²) in [5.74, 6) is -0.527. The minimum absolute atomic E-state index is 0.221. The maximum atomic E-state index is 13.5. The zero-order valence-electron chi connectivity index (χ0n) is 20.8. The molecule has 4 rings (SSSR count). The third kappa shape index (κ3) is 4.90. The molecule has 1 aliphatic heterocycles. The highest BCUT2D eigenvalue weighted by Gasteiger charge is 2.63. The first-order valence-electron chi connectivity index (χ1n) is 11.9. The maximum Gasteiger partial charge on any atom is 0.325 e. The van der Waals surface area contributed by atoms with Gasteiger partial charge in [-0.3, -0.25) is 14.5 Å². The van der Waals surface area contributed by atoms with Gasteiger partial charge in [0.2, 0.25) is 0 Å². The Labute approximate surface area is 212 Å². The summed E-state index contributed by atoms with van der Waals surface area (Å²) in [4.78, 5) is 29.1. The SMILES string of the molecule is COC(=O)C1(C(=O)OC)C[C@H](/C=C/c2ccccc2)N(Cc2ccccc2)[C@@H]1c1ccc(OC)cc1. The first-order valence-corrected chi connectivity index (χ1v) is 11.9. The minimum Gasteiger partial charge on any atom is -0.497 e. The molecule has 3 aromatic carbocycles. The van der Waals surface area contributed by atoms with E-state index < -0.39 is 23.4 Å². The monoisotopic (exact) mass is 485 g/mol. The van der Waals surface area contributed by atoms with Gasteiger partial charge in [0.25, 0.3) is 0 Å². The average molecular weight is 486 g/mol. The van der Waals surface area contributed by atoms with E-state index in [1.807, 2.05) is 91.0 Å². The van der Waals surface area contributed by atoms with E-state index in [2.05, 4.69) is 11.0 Å². The van der Waals surface area contributed by atoms with Gasteiger partial charge in [-0.2, -0.15) is 0 Å². The van der Waals surface area contributed by atoms with Crippen molar-refractivity contribution in [3.05, 3.63) is 108 Å². The lowest BCUT2D eigenvalue weighted by Crippen LogP contribution is -2.45. The first-order chi connectivity index (χ1) is 17.5. The number of carbonyl (C=O) groups is 2. The van der Waals surface area contributed by atoms with Gasteiger partial charge in [0.1, 0.15) is 5.75 Å². The van der Waals surface area contributed by atoms with E-state index in [1.165, 1.54) is 14.2 Å². The van der Waals surface area contributed by atoms with Crippen molar-refractivity contribution in [3.8, 4) is 5.75 Å². The fourth-order valence-corrected chi connectivity index (χ4v) is 5.10. The van der Waals surface area contributed by atoms with E-state index in [9.17, 15) is 9.59 Å². The molecular formula is C30H31NO5. The van der Waals surface area contributed by atoms with Gasteiger partial charge in [0.15, 0.2) is 5.41 Å². The Morgan fingerprint density at radius 3 is 2.00 bits per heavy atom. The lowest BCUT2D eigenvalue weighted by molar-refractivity contribution is -0.171. The van der Waals surface area contributed by atoms with Crippen molar-refractivity contribution >= 4 is 18.0 Å². The van der Waals surface area contributed by atoms with E-state index in [4.69, 9.17) is 14.2 Å². The molecule has 1 aliphatic rings. The van der Waals surface area contributed by atoms with Crippen molar-refractivity contribution in [1.82, 2.24) is 4.90 Å². The van der Waals surface area contributed by atoms with Crippen LogP contribution < -0.4 is 4.74 Å². The molecule has 0 aromatic heterocycles. The zero-order chi connectivity index (χ0) is 25.5. The quantitative estimate of drug-likeness (QED) is 0.328. The number of esters is 2. The predicted octanol–water partition coefficient (Wildman–Crippen LogP) is 5.06. The van der Waals surface area contributed by atoms with E-state index in [1.54, 1.807) is 7.11 Å². The smallest absolute Gasteiger partial charge is 0.325 e. The van der Waals surface area contributed by atoms with Crippen LogP contribution in [0.5, 0.6) is 5.75 Å². The second-order valence-electron chi connectivity index (χ2n) is 8.83. The number of hydrogen-bond donors (Lipinski definition) is 0. The molecule has 1 heterocycles. The number of methoxy groups -OCH3 is 3. The van der Waals surface area contributed by atoms with E-state index >= 15 is 0 Å². The van der Waals surface area contributed by atoms with Crippen molar-refractivity contribution in [2.75, 3.05) is 21.3 Å². The molecule has 1 fully saturated rings. The summed E-state index contributed by atoms with van der Waals surface area (Å²) in [6.45, 7) is 0.525. The van der Waals surface area contributed by atoms with Gasteiger partial charge in [0, 0.05) is 12.6 Å². The number of carbonyl (C=O) groups excluding carboxylic acids is 2. The highest BCUT2D eigenvalue weighted by atomic mass is 16.5. The number of rotatable bonds is 8. The van der Waals surface area contributed by atoms with Gasteiger partial charge in [-0.05, 0) is 35.2 Å². The van der Waals surface area contributed by atoms with Crippen LogP contribution >= 0.6 is 0 Å². The molecule has 0 amide bonds. The molecule has 0 unspecified atom stereocenters. The number of ether oxygens (including phenoxy) is 3. The highest BCUT2D eigenvalue weighted by molar-refractivity contribution is 6.01. The standard InChI is InChI=1S/C30H31NO5/c1-34-26-18-15-24(16-19-26)27-30(28(32)35-2,29(33)36-3)20-25(17-14-22-10-6-4-7-11-22)31(27)21-23-12-8-5-9-13-23/h4-19,25,27H,20-21H2,1-3H3/b17-14+/t25-,27+/m0/s1. The van der Waals surface area contributed by atoms with Crippen LogP contribution in [-0.4, -0.2) is 44.2 Å². The molecule has 0 aliphatic carbocycles. The largest absolute Gasteiger partial charge is 0.497 e. The molecule has 36 heavy (non-hydrogen) atoms. The third-order valence-corrected chi connectivity index (χ3v) is 6.80. The molecule has 6 heteroatoms. The molecule has 6 nitrogen and oxygen atoms in total. The Hall–Kier alpha value is -3.90. The van der Waals surface area contributed by atoms with Crippen LogP contribution in [0.4, 0.5) is 0 Å². The lowest BCUT2D eigenvalue weighted by Gasteiger charge is -2.35. The Morgan fingerprint density at radius 1 is 0.861 bits per heavy atom. The molecule has 0 bridgehead atoms. The predicted molar refractivity (Wildman–Crippen MR) is 138 cm³/mol. The average Bonchev–Trinajstić information content (AvgIpc) is 3.26.